The van der Waals surface area contributed by atoms with E-state index in [0.29, 0.717) is 5.69 Å². The summed E-state index contributed by atoms with van der Waals surface area (Å²) < 4.78 is 6.18. The number of nitrogens with zero attached hydrogens (tertiary/aromatic N) is 1. The molecule has 3 rings (SSSR count). The van der Waals surface area contributed by atoms with Crippen molar-refractivity contribution in [2.75, 3.05) is 18.2 Å². The van der Waals surface area contributed by atoms with Crippen molar-refractivity contribution in [3.05, 3.63) is 41.0 Å². The van der Waals surface area contributed by atoms with Crippen LogP contribution in [0.1, 0.15) is 0 Å². The maximum Gasteiger partial charge on any atom is 0.135 e. The number of benzene rings is 2. The van der Waals surface area contributed by atoms with Gasteiger partial charge >= 0.3 is 0 Å². The van der Waals surface area contributed by atoms with Crippen LogP contribution in [-0.4, -0.2) is 17.3 Å². The Kier molecular flexibility index (Phi) is 3.23. The van der Waals surface area contributed by atoms with Crippen molar-refractivity contribution < 1.29 is 4.74 Å². The molecule has 0 fully saturated rings. The lowest BCUT2D eigenvalue weighted by molar-refractivity contribution is 0.412. The van der Waals surface area contributed by atoms with Crippen molar-refractivity contribution in [1.82, 2.24) is 10.2 Å². The van der Waals surface area contributed by atoms with Gasteiger partial charge in [-0.15, -0.1) is 0 Å². The lowest BCUT2D eigenvalue weighted by Gasteiger charge is -2.11. The monoisotopic (exact) mass is 332 g/mol. The Morgan fingerprint density at radius 3 is 2.95 bits per heavy atom. The fourth-order valence-electron chi connectivity index (χ4n) is 2.01. The number of anilines is 3. The van der Waals surface area contributed by atoms with Crippen LogP contribution in [-0.2, 0) is 0 Å². The number of rotatable bonds is 3. The highest BCUT2D eigenvalue weighted by atomic mass is 79.9. The van der Waals surface area contributed by atoms with Crippen LogP contribution < -0.4 is 15.8 Å². The van der Waals surface area contributed by atoms with Crippen LogP contribution in [0.3, 0.4) is 0 Å². The second-order valence-electron chi connectivity index (χ2n) is 4.37. The van der Waals surface area contributed by atoms with Crippen LogP contribution in [0.2, 0.25) is 0 Å². The summed E-state index contributed by atoms with van der Waals surface area (Å²) >= 11 is 3.43. The van der Waals surface area contributed by atoms with E-state index in [1.807, 2.05) is 30.3 Å². The summed E-state index contributed by atoms with van der Waals surface area (Å²) in [5.74, 6) is 0.760. The number of aromatic amines is 1. The van der Waals surface area contributed by atoms with Gasteiger partial charge in [0.05, 0.1) is 34.7 Å². The summed E-state index contributed by atoms with van der Waals surface area (Å²) in [7, 11) is 1.63. The second kappa shape index (κ2) is 5.05. The number of ether oxygens (including phenoxy) is 1. The third-order valence-electron chi connectivity index (χ3n) is 3.04. The predicted octanol–water partition coefficient (Wildman–Crippen LogP) is 3.66. The Hall–Kier alpha value is -2.21. The van der Waals surface area contributed by atoms with Crippen molar-refractivity contribution in [3.63, 3.8) is 0 Å². The largest absolute Gasteiger partial charge is 0.495 e. The van der Waals surface area contributed by atoms with Crippen LogP contribution in [0.5, 0.6) is 5.75 Å². The highest BCUT2D eigenvalue weighted by Crippen LogP contribution is 2.32. The number of H-pyrrole nitrogens is 1. The van der Waals surface area contributed by atoms with Crippen molar-refractivity contribution in [2.45, 2.75) is 0 Å². The molecular weight excluding hydrogens is 320 g/mol. The zero-order valence-electron chi connectivity index (χ0n) is 10.8. The van der Waals surface area contributed by atoms with Gasteiger partial charge < -0.3 is 15.8 Å². The van der Waals surface area contributed by atoms with Crippen molar-refractivity contribution >= 4 is 43.9 Å². The molecule has 1 aromatic heterocycles. The smallest absolute Gasteiger partial charge is 0.135 e. The van der Waals surface area contributed by atoms with Crippen LogP contribution in [0.25, 0.3) is 10.9 Å². The summed E-state index contributed by atoms with van der Waals surface area (Å²) in [6, 6.07) is 9.60. The van der Waals surface area contributed by atoms with Crippen LogP contribution in [0, 0.1) is 0 Å². The summed E-state index contributed by atoms with van der Waals surface area (Å²) in [6.07, 6.45) is 1.75. The number of halogens is 1. The summed E-state index contributed by atoms with van der Waals surface area (Å²) in [6.45, 7) is 0. The normalized spacial score (nSPS) is 10.7. The molecule has 2 aromatic carbocycles. The first-order valence-electron chi connectivity index (χ1n) is 6.00. The highest BCUT2D eigenvalue weighted by Gasteiger charge is 2.06. The zero-order valence-corrected chi connectivity index (χ0v) is 12.4. The van der Waals surface area contributed by atoms with Gasteiger partial charge in [0.15, 0.2) is 0 Å². The third kappa shape index (κ3) is 2.30. The molecule has 0 bridgehead atoms. The van der Waals surface area contributed by atoms with Gasteiger partial charge in [-0.3, -0.25) is 5.10 Å². The molecule has 0 atom stereocenters. The topological polar surface area (TPSA) is 76.0 Å². The van der Waals surface area contributed by atoms with Crippen LogP contribution >= 0.6 is 15.9 Å². The fraction of sp³-hybridized carbons (Fsp3) is 0.0714. The molecule has 0 aliphatic rings. The first-order chi connectivity index (χ1) is 9.67. The SMILES string of the molecule is COc1cc(Nc2cc3[nH]ncc3cc2N)ccc1Br. The number of fused-ring (bicyclic) bond motifs is 1. The lowest BCUT2D eigenvalue weighted by atomic mass is 10.2. The van der Waals surface area contributed by atoms with E-state index in [4.69, 9.17) is 10.5 Å². The number of methoxy groups -OCH3 is 1. The van der Waals surface area contributed by atoms with Gasteiger partial charge in [-0.05, 0) is 40.2 Å². The molecule has 0 aliphatic carbocycles. The van der Waals surface area contributed by atoms with E-state index in [2.05, 4.69) is 31.4 Å². The Morgan fingerprint density at radius 1 is 1.30 bits per heavy atom. The molecule has 4 N–H and O–H groups in total. The maximum absolute atomic E-state index is 6.05. The summed E-state index contributed by atoms with van der Waals surface area (Å²) in [5.41, 5.74) is 9.38. The molecule has 0 spiro atoms. The Bertz CT molecular complexity index is 769. The highest BCUT2D eigenvalue weighted by molar-refractivity contribution is 9.10. The van der Waals surface area contributed by atoms with Gasteiger partial charge in [0.2, 0.25) is 0 Å². The standard InChI is InChI=1S/C14H13BrN4O/c1-20-14-5-9(2-3-10(14)15)18-13-6-12-8(4-11(13)16)7-17-19-12/h2-7,18H,16H2,1H3,(H,17,19). The number of hydrogen-bond acceptors (Lipinski definition) is 4. The molecule has 0 amide bonds. The van der Waals surface area contributed by atoms with E-state index >= 15 is 0 Å². The summed E-state index contributed by atoms with van der Waals surface area (Å²) in [5, 5.41) is 11.2. The predicted molar refractivity (Wildman–Crippen MR) is 84.5 cm³/mol. The van der Waals surface area contributed by atoms with E-state index < -0.39 is 0 Å². The third-order valence-corrected chi connectivity index (χ3v) is 3.70. The van der Waals surface area contributed by atoms with E-state index in [9.17, 15) is 0 Å². The Labute approximate surface area is 124 Å². The van der Waals surface area contributed by atoms with E-state index in [0.717, 1.165) is 32.5 Å². The second-order valence-corrected chi connectivity index (χ2v) is 5.23. The molecule has 1 heterocycles. The Morgan fingerprint density at radius 2 is 2.15 bits per heavy atom. The molecule has 6 heteroatoms. The van der Waals surface area contributed by atoms with Gasteiger partial charge in [-0.25, -0.2) is 0 Å². The molecular formula is C14H13BrN4O. The van der Waals surface area contributed by atoms with E-state index in [1.165, 1.54) is 0 Å². The van der Waals surface area contributed by atoms with Gasteiger partial charge in [-0.1, -0.05) is 0 Å². The van der Waals surface area contributed by atoms with Crippen LogP contribution in [0.4, 0.5) is 17.1 Å². The number of nitrogens with one attached hydrogen (secondary N) is 2. The zero-order chi connectivity index (χ0) is 14.1. The van der Waals surface area contributed by atoms with Crippen molar-refractivity contribution in [2.24, 2.45) is 0 Å². The molecule has 3 aromatic rings. The van der Waals surface area contributed by atoms with E-state index in [1.54, 1.807) is 13.3 Å². The molecule has 0 unspecified atom stereocenters. The fourth-order valence-corrected chi connectivity index (χ4v) is 2.42. The van der Waals surface area contributed by atoms with E-state index in [-0.39, 0.29) is 0 Å². The minimum Gasteiger partial charge on any atom is -0.495 e. The molecule has 0 saturated carbocycles. The van der Waals surface area contributed by atoms with Crippen molar-refractivity contribution in [1.29, 1.82) is 0 Å². The van der Waals surface area contributed by atoms with Gasteiger partial charge in [0.1, 0.15) is 5.75 Å². The number of aromatic nitrogens is 2. The average Bonchev–Trinajstić information content (AvgIpc) is 2.88. The maximum atomic E-state index is 6.05. The minimum absolute atomic E-state index is 0.667. The molecule has 102 valence electrons. The first kappa shape index (κ1) is 12.8. The molecule has 0 aliphatic heterocycles. The minimum atomic E-state index is 0.667. The first-order valence-corrected chi connectivity index (χ1v) is 6.80. The quantitative estimate of drug-likeness (QED) is 0.640. The number of hydrogen-bond donors (Lipinski definition) is 3. The Balaban J connectivity index is 1.97. The number of nitrogens with two attached hydrogens (primary N) is 1. The van der Waals surface area contributed by atoms with Gasteiger partial charge in [-0.2, -0.15) is 5.10 Å². The molecule has 0 saturated heterocycles. The average molecular weight is 333 g/mol. The van der Waals surface area contributed by atoms with Gasteiger partial charge in [0, 0.05) is 17.1 Å². The van der Waals surface area contributed by atoms with Gasteiger partial charge in [0.25, 0.3) is 0 Å². The molecule has 0 radical (unpaired) electrons. The molecule has 20 heavy (non-hydrogen) atoms. The van der Waals surface area contributed by atoms with Crippen molar-refractivity contribution in [3.8, 4) is 5.75 Å². The van der Waals surface area contributed by atoms with Crippen LogP contribution in [0.15, 0.2) is 41.0 Å². The lowest BCUT2D eigenvalue weighted by Crippen LogP contribution is -1.97. The number of nitrogen functional groups attached to an aromatic ring is 1. The molecule has 5 nitrogen and oxygen atoms in total. The summed E-state index contributed by atoms with van der Waals surface area (Å²) in [4.78, 5) is 0.